The third-order valence-corrected chi connectivity index (χ3v) is 6.44. The van der Waals surface area contributed by atoms with E-state index in [4.69, 9.17) is 17.0 Å². The van der Waals surface area contributed by atoms with Crippen molar-refractivity contribution in [3.63, 3.8) is 0 Å². The molecule has 4 rings (SSSR count). The monoisotopic (exact) mass is 500 g/mol. The third-order valence-electron chi connectivity index (χ3n) is 4.99. The highest BCUT2D eigenvalue weighted by molar-refractivity contribution is 8.00. The normalized spacial score (nSPS) is 11.2. The van der Waals surface area contributed by atoms with Gasteiger partial charge >= 0.3 is 0 Å². The molecule has 1 unspecified atom stereocenters. The minimum atomic E-state index is -0.446. The Morgan fingerprint density at radius 2 is 1.60 bits per heavy atom. The molecule has 4 aromatic rings. The molecule has 176 valence electrons. The number of thiocarbonyl (C=S) groups is 1. The molecule has 0 aliphatic rings. The Kier molecular flexibility index (Phi) is 8.32. The summed E-state index contributed by atoms with van der Waals surface area (Å²) in [4.78, 5) is 18.2. The summed E-state index contributed by atoms with van der Waals surface area (Å²) >= 11 is 6.96. The van der Waals surface area contributed by atoms with Crippen LogP contribution in [0.15, 0.2) is 108 Å². The van der Waals surface area contributed by atoms with Crippen LogP contribution in [0, 0.1) is 0 Å². The number of hydrogen-bond acceptors (Lipinski definition) is 5. The zero-order chi connectivity index (χ0) is 24.5. The van der Waals surface area contributed by atoms with E-state index in [0.717, 1.165) is 21.8 Å². The lowest BCUT2D eigenvalue weighted by Crippen LogP contribution is -2.20. The molecule has 35 heavy (non-hydrogen) atoms. The summed E-state index contributed by atoms with van der Waals surface area (Å²) in [5.74, 6) is 0.589. The van der Waals surface area contributed by atoms with E-state index in [0.29, 0.717) is 16.5 Å². The van der Waals surface area contributed by atoms with Crippen LogP contribution in [0.2, 0.25) is 0 Å². The van der Waals surface area contributed by atoms with Crippen LogP contribution in [0.25, 0.3) is 0 Å². The van der Waals surface area contributed by atoms with Crippen LogP contribution in [0.5, 0.6) is 5.75 Å². The number of carbonyl (C=O) groups is 1. The number of anilines is 3. The van der Waals surface area contributed by atoms with Crippen molar-refractivity contribution in [2.24, 2.45) is 0 Å². The Balaban J connectivity index is 1.49. The molecule has 1 aromatic heterocycles. The molecule has 0 saturated heterocycles. The number of aromatic nitrogens is 1. The van der Waals surface area contributed by atoms with Crippen LogP contribution in [0.4, 0.5) is 17.1 Å². The molecular formula is C27H24N4O2S2. The zero-order valence-electron chi connectivity index (χ0n) is 19.0. The van der Waals surface area contributed by atoms with Crippen LogP contribution in [0.1, 0.15) is 10.8 Å². The highest BCUT2D eigenvalue weighted by atomic mass is 32.2. The van der Waals surface area contributed by atoms with Crippen molar-refractivity contribution >= 4 is 52.1 Å². The maximum absolute atomic E-state index is 13.2. The molecule has 0 bridgehead atoms. The van der Waals surface area contributed by atoms with Crippen LogP contribution < -0.4 is 20.7 Å². The molecule has 1 atom stereocenters. The van der Waals surface area contributed by atoms with Crippen LogP contribution in [0.3, 0.4) is 0 Å². The van der Waals surface area contributed by atoms with Crippen molar-refractivity contribution in [2.75, 3.05) is 23.1 Å². The predicted molar refractivity (Wildman–Crippen MR) is 147 cm³/mol. The second kappa shape index (κ2) is 12.0. The van der Waals surface area contributed by atoms with Gasteiger partial charge in [-0.25, -0.2) is 0 Å². The molecular weight excluding hydrogens is 476 g/mol. The van der Waals surface area contributed by atoms with Crippen molar-refractivity contribution in [3.05, 3.63) is 109 Å². The second-order valence-corrected chi connectivity index (χ2v) is 9.03. The summed E-state index contributed by atoms with van der Waals surface area (Å²) in [6.45, 7) is 0. The molecule has 1 amide bonds. The molecule has 0 aliphatic heterocycles. The van der Waals surface area contributed by atoms with Gasteiger partial charge in [-0.1, -0.05) is 48.5 Å². The van der Waals surface area contributed by atoms with Gasteiger partial charge in [0, 0.05) is 28.7 Å². The van der Waals surface area contributed by atoms with E-state index < -0.39 is 5.25 Å². The Morgan fingerprint density at radius 1 is 0.857 bits per heavy atom. The van der Waals surface area contributed by atoms with Crippen LogP contribution in [-0.2, 0) is 4.79 Å². The number of rotatable bonds is 8. The molecule has 3 N–H and O–H groups in total. The predicted octanol–water partition coefficient (Wildman–Crippen LogP) is 6.37. The first-order valence-corrected chi connectivity index (χ1v) is 12.1. The lowest BCUT2D eigenvalue weighted by molar-refractivity contribution is -0.115. The molecule has 1 heterocycles. The summed E-state index contributed by atoms with van der Waals surface area (Å²) in [7, 11) is 1.62. The summed E-state index contributed by atoms with van der Waals surface area (Å²) < 4.78 is 5.37. The Bertz CT molecular complexity index is 1290. The van der Waals surface area contributed by atoms with Gasteiger partial charge in [0.25, 0.3) is 0 Å². The molecule has 0 fully saturated rings. The Morgan fingerprint density at radius 3 is 2.37 bits per heavy atom. The van der Waals surface area contributed by atoms with Gasteiger partial charge in [-0.2, -0.15) is 0 Å². The van der Waals surface area contributed by atoms with Crippen molar-refractivity contribution < 1.29 is 9.53 Å². The van der Waals surface area contributed by atoms with Crippen LogP contribution in [-0.4, -0.2) is 23.1 Å². The fourth-order valence-corrected chi connectivity index (χ4v) is 4.67. The number of nitrogens with zero attached hydrogens (tertiary/aromatic N) is 1. The van der Waals surface area contributed by atoms with Gasteiger partial charge in [-0.15, -0.1) is 11.8 Å². The molecule has 6 nitrogen and oxygen atoms in total. The van der Waals surface area contributed by atoms with Gasteiger partial charge in [0.2, 0.25) is 5.91 Å². The van der Waals surface area contributed by atoms with Gasteiger partial charge in [-0.3, -0.25) is 9.78 Å². The SMILES string of the molecule is COc1ccccc1NC(=S)Nc1cccc(SC(C(=O)Nc2ccncc2)c2ccccc2)c1. The van der Waals surface area contributed by atoms with E-state index in [1.54, 1.807) is 31.6 Å². The lowest BCUT2D eigenvalue weighted by Gasteiger charge is -2.18. The minimum absolute atomic E-state index is 0.112. The first-order valence-electron chi connectivity index (χ1n) is 10.9. The Labute approximate surface area is 214 Å². The molecule has 0 radical (unpaired) electrons. The maximum atomic E-state index is 13.2. The number of amides is 1. The minimum Gasteiger partial charge on any atom is -0.495 e. The van der Waals surface area contributed by atoms with Crippen molar-refractivity contribution in [1.29, 1.82) is 0 Å². The first-order chi connectivity index (χ1) is 17.1. The molecule has 0 aliphatic carbocycles. The second-order valence-electron chi connectivity index (χ2n) is 7.44. The smallest absolute Gasteiger partial charge is 0.242 e. The average molecular weight is 501 g/mol. The number of ether oxygens (including phenoxy) is 1. The largest absolute Gasteiger partial charge is 0.495 e. The first kappa shape index (κ1) is 24.3. The van der Waals surface area contributed by atoms with E-state index in [-0.39, 0.29) is 5.91 Å². The maximum Gasteiger partial charge on any atom is 0.242 e. The number of nitrogens with one attached hydrogen (secondary N) is 3. The topological polar surface area (TPSA) is 75.3 Å². The third kappa shape index (κ3) is 6.81. The highest BCUT2D eigenvalue weighted by Crippen LogP contribution is 2.37. The highest BCUT2D eigenvalue weighted by Gasteiger charge is 2.22. The number of pyridine rings is 1. The van der Waals surface area contributed by atoms with E-state index in [2.05, 4.69) is 20.9 Å². The van der Waals surface area contributed by atoms with Gasteiger partial charge in [0.1, 0.15) is 11.0 Å². The zero-order valence-corrected chi connectivity index (χ0v) is 20.6. The molecule has 0 spiro atoms. The summed E-state index contributed by atoms with van der Waals surface area (Å²) in [6.07, 6.45) is 3.30. The van der Waals surface area contributed by atoms with Gasteiger partial charge < -0.3 is 20.7 Å². The van der Waals surface area contributed by atoms with Gasteiger partial charge in [0.15, 0.2) is 5.11 Å². The molecule has 8 heteroatoms. The van der Waals surface area contributed by atoms with E-state index in [1.807, 2.05) is 78.9 Å². The fraction of sp³-hybridized carbons (Fsp3) is 0.0741. The van der Waals surface area contributed by atoms with Crippen molar-refractivity contribution in [2.45, 2.75) is 10.1 Å². The van der Waals surface area contributed by atoms with E-state index >= 15 is 0 Å². The van der Waals surface area contributed by atoms with Gasteiger partial charge in [-0.05, 0) is 60.2 Å². The number of carbonyl (C=O) groups excluding carboxylic acids is 1. The summed E-state index contributed by atoms with van der Waals surface area (Å²) in [6, 6.07) is 28.6. The van der Waals surface area contributed by atoms with Crippen molar-refractivity contribution in [1.82, 2.24) is 4.98 Å². The average Bonchev–Trinajstić information content (AvgIpc) is 2.89. The summed E-state index contributed by atoms with van der Waals surface area (Å²) in [5, 5.41) is 9.35. The Hall–Kier alpha value is -3.88. The number of thioether (sulfide) groups is 1. The summed E-state index contributed by atoms with van der Waals surface area (Å²) in [5.41, 5.74) is 3.20. The number of hydrogen-bond donors (Lipinski definition) is 3. The van der Waals surface area contributed by atoms with Crippen molar-refractivity contribution in [3.8, 4) is 5.75 Å². The number of benzene rings is 3. The molecule has 3 aromatic carbocycles. The lowest BCUT2D eigenvalue weighted by atomic mass is 10.1. The van der Waals surface area contributed by atoms with Gasteiger partial charge in [0.05, 0.1) is 12.8 Å². The fourth-order valence-electron chi connectivity index (χ4n) is 3.36. The number of methoxy groups -OCH3 is 1. The van der Waals surface area contributed by atoms with E-state index in [9.17, 15) is 4.79 Å². The van der Waals surface area contributed by atoms with E-state index in [1.165, 1.54) is 11.8 Å². The quantitative estimate of drug-likeness (QED) is 0.192. The van der Waals surface area contributed by atoms with Crippen LogP contribution >= 0.6 is 24.0 Å². The molecule has 0 saturated carbocycles. The standard InChI is InChI=1S/C27H24N4O2S2/c1-33-24-13-6-5-12-23(24)31-27(34)30-21-10-7-11-22(18-21)35-25(19-8-3-2-4-9-19)26(32)29-20-14-16-28-17-15-20/h2-18,25H,1H3,(H,28,29,32)(H2,30,31,34). The number of para-hydroxylation sites is 2.